The summed E-state index contributed by atoms with van der Waals surface area (Å²) in [5.41, 5.74) is 0.962. The van der Waals surface area contributed by atoms with Crippen LogP contribution in [0, 0.1) is 0 Å². The lowest BCUT2D eigenvalue weighted by atomic mass is 10.1. The molecule has 0 saturated carbocycles. The summed E-state index contributed by atoms with van der Waals surface area (Å²) in [5.74, 6) is 0.259. The summed E-state index contributed by atoms with van der Waals surface area (Å²) in [6.45, 7) is 5.93. The number of carbonyl (C=O) groups excluding carboxylic acids is 2. The number of benzene rings is 3. The van der Waals surface area contributed by atoms with Crippen molar-refractivity contribution in [3.05, 3.63) is 78.4 Å². The van der Waals surface area contributed by atoms with Gasteiger partial charge >= 0.3 is 0 Å². The van der Waals surface area contributed by atoms with Gasteiger partial charge in [-0.15, -0.1) is 0 Å². The van der Waals surface area contributed by atoms with Crippen molar-refractivity contribution in [1.82, 2.24) is 10.2 Å². The molecule has 5 nitrogen and oxygen atoms in total. The third kappa shape index (κ3) is 5.85. The molecular weight excluding hydrogens is 388 g/mol. The molecule has 1 N–H and O–H groups in total. The lowest BCUT2D eigenvalue weighted by Gasteiger charge is -2.29. The van der Waals surface area contributed by atoms with Gasteiger partial charge in [0, 0.05) is 18.0 Å². The summed E-state index contributed by atoms with van der Waals surface area (Å²) in [4.78, 5) is 27.5. The van der Waals surface area contributed by atoms with Crippen LogP contribution in [0.5, 0.6) is 5.75 Å². The molecular formula is C26H30N2O3. The Kier molecular flexibility index (Phi) is 7.65. The molecule has 0 aliphatic heterocycles. The molecule has 2 amide bonds. The van der Waals surface area contributed by atoms with Gasteiger partial charge in [0.05, 0.1) is 0 Å². The van der Waals surface area contributed by atoms with E-state index in [-0.39, 0.29) is 24.5 Å². The van der Waals surface area contributed by atoms with Crippen LogP contribution < -0.4 is 10.1 Å². The van der Waals surface area contributed by atoms with Gasteiger partial charge in [0.2, 0.25) is 5.91 Å². The molecule has 3 aromatic rings. The van der Waals surface area contributed by atoms with E-state index in [0.29, 0.717) is 12.3 Å². The smallest absolute Gasteiger partial charge is 0.261 e. The fraction of sp³-hybridized carbons (Fsp3) is 0.308. The summed E-state index contributed by atoms with van der Waals surface area (Å²) in [6.07, 6.45) is 0.829. The minimum absolute atomic E-state index is 0.0514. The molecule has 0 fully saturated rings. The molecule has 5 heteroatoms. The number of amides is 2. The average molecular weight is 419 g/mol. The van der Waals surface area contributed by atoms with Gasteiger partial charge < -0.3 is 15.0 Å². The van der Waals surface area contributed by atoms with Crippen LogP contribution in [0.25, 0.3) is 10.8 Å². The Bertz CT molecular complexity index is 1010. The molecule has 3 rings (SSSR count). The summed E-state index contributed by atoms with van der Waals surface area (Å²) >= 11 is 0. The van der Waals surface area contributed by atoms with Gasteiger partial charge in [0.15, 0.2) is 6.61 Å². The molecule has 0 unspecified atom stereocenters. The van der Waals surface area contributed by atoms with Gasteiger partial charge in [-0.05, 0) is 37.3 Å². The zero-order valence-electron chi connectivity index (χ0n) is 18.4. The highest BCUT2D eigenvalue weighted by Crippen LogP contribution is 2.25. The number of fused-ring (bicyclic) bond motifs is 1. The topological polar surface area (TPSA) is 58.6 Å². The molecule has 31 heavy (non-hydrogen) atoms. The van der Waals surface area contributed by atoms with Crippen LogP contribution in [0.2, 0.25) is 0 Å². The van der Waals surface area contributed by atoms with Crippen molar-refractivity contribution in [3.8, 4) is 5.75 Å². The highest BCUT2D eigenvalue weighted by molar-refractivity contribution is 5.90. The normalized spacial score (nSPS) is 12.7. The van der Waals surface area contributed by atoms with Crippen LogP contribution in [-0.2, 0) is 16.1 Å². The quantitative estimate of drug-likeness (QED) is 0.555. The van der Waals surface area contributed by atoms with E-state index in [2.05, 4.69) is 5.32 Å². The second kappa shape index (κ2) is 10.6. The second-order valence-corrected chi connectivity index (χ2v) is 7.77. The molecule has 0 saturated heterocycles. The first-order valence-corrected chi connectivity index (χ1v) is 10.7. The highest BCUT2D eigenvalue weighted by Gasteiger charge is 2.27. The fourth-order valence-electron chi connectivity index (χ4n) is 3.37. The Morgan fingerprint density at radius 1 is 0.935 bits per heavy atom. The first-order valence-electron chi connectivity index (χ1n) is 10.7. The van der Waals surface area contributed by atoms with Crippen molar-refractivity contribution >= 4 is 22.6 Å². The van der Waals surface area contributed by atoms with E-state index < -0.39 is 6.04 Å². The van der Waals surface area contributed by atoms with Crippen molar-refractivity contribution in [2.24, 2.45) is 0 Å². The van der Waals surface area contributed by atoms with E-state index in [1.807, 2.05) is 86.6 Å². The third-order valence-corrected chi connectivity index (χ3v) is 5.46. The average Bonchev–Trinajstić information content (AvgIpc) is 2.81. The van der Waals surface area contributed by atoms with Crippen LogP contribution in [0.15, 0.2) is 72.8 Å². The van der Waals surface area contributed by atoms with E-state index in [0.717, 1.165) is 22.8 Å². The van der Waals surface area contributed by atoms with Crippen molar-refractivity contribution in [2.45, 2.75) is 45.8 Å². The molecule has 0 radical (unpaired) electrons. The molecule has 162 valence electrons. The standard InChI is InChI=1S/C26H30N2O3/c1-4-19(2)27-26(30)20(3)28(17-21-11-6-5-7-12-21)25(29)18-31-24-16-10-14-22-13-8-9-15-23(22)24/h5-16,19-20H,4,17-18H2,1-3H3,(H,27,30)/t19-,20-/m1/s1. The number of nitrogens with one attached hydrogen (secondary N) is 1. The molecule has 0 aromatic heterocycles. The monoisotopic (exact) mass is 418 g/mol. The van der Waals surface area contributed by atoms with E-state index >= 15 is 0 Å². The van der Waals surface area contributed by atoms with Crippen LogP contribution in [-0.4, -0.2) is 35.4 Å². The summed E-state index contributed by atoms with van der Waals surface area (Å²) in [7, 11) is 0. The molecule has 0 spiro atoms. The minimum atomic E-state index is -0.613. The molecule has 0 aliphatic rings. The SMILES string of the molecule is CC[C@@H](C)NC(=O)[C@@H](C)N(Cc1ccccc1)C(=O)COc1cccc2ccccc12. The number of carbonyl (C=O) groups is 2. The van der Waals surface area contributed by atoms with E-state index in [9.17, 15) is 9.59 Å². The first-order chi connectivity index (χ1) is 15.0. The van der Waals surface area contributed by atoms with Gasteiger partial charge in [0.25, 0.3) is 5.91 Å². The van der Waals surface area contributed by atoms with E-state index in [1.165, 1.54) is 0 Å². The van der Waals surface area contributed by atoms with Crippen LogP contribution in [0.1, 0.15) is 32.8 Å². The lowest BCUT2D eigenvalue weighted by molar-refractivity contribution is -0.142. The van der Waals surface area contributed by atoms with Gasteiger partial charge in [0.1, 0.15) is 11.8 Å². The first kappa shape index (κ1) is 22.3. The fourth-order valence-corrected chi connectivity index (χ4v) is 3.37. The predicted molar refractivity (Wildman–Crippen MR) is 124 cm³/mol. The maximum Gasteiger partial charge on any atom is 0.261 e. The summed E-state index contributed by atoms with van der Waals surface area (Å²) in [6, 6.07) is 22.8. The number of ether oxygens (including phenoxy) is 1. The number of rotatable bonds is 9. The van der Waals surface area contributed by atoms with E-state index in [4.69, 9.17) is 4.74 Å². The van der Waals surface area contributed by atoms with Crippen molar-refractivity contribution in [3.63, 3.8) is 0 Å². The van der Waals surface area contributed by atoms with Crippen LogP contribution >= 0.6 is 0 Å². The summed E-state index contributed by atoms with van der Waals surface area (Å²) in [5, 5.41) is 4.98. The Balaban J connectivity index is 1.77. The molecule has 2 atom stereocenters. The van der Waals surface area contributed by atoms with Crippen molar-refractivity contribution < 1.29 is 14.3 Å². The third-order valence-electron chi connectivity index (χ3n) is 5.46. The van der Waals surface area contributed by atoms with Crippen molar-refractivity contribution in [2.75, 3.05) is 6.61 Å². The van der Waals surface area contributed by atoms with Crippen LogP contribution in [0.4, 0.5) is 0 Å². The second-order valence-electron chi connectivity index (χ2n) is 7.77. The summed E-state index contributed by atoms with van der Waals surface area (Å²) < 4.78 is 5.91. The van der Waals surface area contributed by atoms with E-state index in [1.54, 1.807) is 11.8 Å². The largest absolute Gasteiger partial charge is 0.483 e. The highest BCUT2D eigenvalue weighted by atomic mass is 16.5. The predicted octanol–water partition coefficient (Wildman–Crippen LogP) is 4.55. The van der Waals surface area contributed by atoms with Crippen LogP contribution in [0.3, 0.4) is 0 Å². The Hall–Kier alpha value is -3.34. The van der Waals surface area contributed by atoms with Gasteiger partial charge in [-0.25, -0.2) is 0 Å². The van der Waals surface area contributed by atoms with Crippen molar-refractivity contribution in [1.29, 1.82) is 0 Å². The van der Waals surface area contributed by atoms with Gasteiger partial charge in [-0.2, -0.15) is 0 Å². The molecule has 0 bridgehead atoms. The molecule has 0 heterocycles. The van der Waals surface area contributed by atoms with Gasteiger partial charge in [-0.3, -0.25) is 9.59 Å². The van der Waals surface area contributed by atoms with Gasteiger partial charge in [-0.1, -0.05) is 73.7 Å². The lowest BCUT2D eigenvalue weighted by Crippen LogP contribution is -2.50. The molecule has 3 aromatic carbocycles. The maximum atomic E-state index is 13.2. The number of hydrogen-bond acceptors (Lipinski definition) is 3. The Labute approximate surface area is 184 Å². The molecule has 0 aliphatic carbocycles. The zero-order valence-corrected chi connectivity index (χ0v) is 18.4. The number of hydrogen-bond donors (Lipinski definition) is 1. The number of nitrogens with zero attached hydrogens (tertiary/aromatic N) is 1. The Morgan fingerprint density at radius 3 is 2.35 bits per heavy atom. The maximum absolute atomic E-state index is 13.2. The Morgan fingerprint density at radius 2 is 1.61 bits per heavy atom. The minimum Gasteiger partial charge on any atom is -0.483 e. The zero-order chi connectivity index (χ0) is 22.2.